The molecule has 0 spiro atoms. The molecule has 0 saturated carbocycles. The van der Waals surface area contributed by atoms with Gasteiger partial charge in [0.1, 0.15) is 5.82 Å². The second-order valence-corrected chi connectivity index (χ2v) is 5.43. The molecule has 1 atom stereocenters. The molecule has 1 aromatic heterocycles. The van der Waals surface area contributed by atoms with Crippen molar-refractivity contribution in [2.24, 2.45) is 5.84 Å². The Balaban J connectivity index is 2.06. The summed E-state index contributed by atoms with van der Waals surface area (Å²) in [6, 6.07) is 8.44. The number of nitrogens with two attached hydrogens (primary N) is 1. The van der Waals surface area contributed by atoms with Gasteiger partial charge < -0.3 is 4.57 Å². The zero-order chi connectivity index (χ0) is 13.7. The number of hydrogen-bond donors (Lipinski definition) is 2. The van der Waals surface area contributed by atoms with Crippen LogP contribution in [0.5, 0.6) is 0 Å². The van der Waals surface area contributed by atoms with Crippen LogP contribution in [0.2, 0.25) is 0 Å². The van der Waals surface area contributed by atoms with E-state index in [-0.39, 0.29) is 6.04 Å². The van der Waals surface area contributed by atoms with Crippen LogP contribution < -0.4 is 11.3 Å². The fourth-order valence-electron chi connectivity index (χ4n) is 1.99. The number of imidazole rings is 1. The molecule has 0 saturated heterocycles. The minimum atomic E-state index is 0.0551. The van der Waals surface area contributed by atoms with Crippen molar-refractivity contribution in [2.45, 2.75) is 31.3 Å². The molecule has 1 aromatic carbocycles. The molecule has 1 heterocycles. The predicted molar refractivity (Wildman–Crippen MR) is 79.9 cm³/mol. The Labute approximate surface area is 118 Å². The molecule has 2 aromatic rings. The quantitative estimate of drug-likeness (QED) is 0.483. The maximum Gasteiger partial charge on any atom is 0.128 e. The lowest BCUT2D eigenvalue weighted by molar-refractivity contribution is 0.540. The van der Waals surface area contributed by atoms with E-state index in [1.165, 1.54) is 10.5 Å². The molecule has 4 nitrogen and oxygen atoms in total. The second kappa shape index (κ2) is 6.75. The van der Waals surface area contributed by atoms with Crippen LogP contribution in [0.1, 0.15) is 24.4 Å². The number of aryl methyl sites for hydroxylation is 2. The monoisotopic (exact) mass is 276 g/mol. The van der Waals surface area contributed by atoms with Crippen molar-refractivity contribution in [1.29, 1.82) is 0 Å². The van der Waals surface area contributed by atoms with Gasteiger partial charge in [-0.2, -0.15) is 0 Å². The molecule has 0 aliphatic heterocycles. The summed E-state index contributed by atoms with van der Waals surface area (Å²) in [4.78, 5) is 5.69. The van der Waals surface area contributed by atoms with Gasteiger partial charge in [-0.1, -0.05) is 18.2 Å². The number of aromatic nitrogens is 2. The molecule has 1 unspecified atom stereocenters. The average molecular weight is 276 g/mol. The summed E-state index contributed by atoms with van der Waals surface area (Å²) in [5.41, 5.74) is 4.16. The van der Waals surface area contributed by atoms with E-state index in [0.717, 1.165) is 18.1 Å². The van der Waals surface area contributed by atoms with Crippen molar-refractivity contribution >= 4 is 11.8 Å². The minimum Gasteiger partial charge on any atom is -0.334 e. The number of nitrogens with zero attached hydrogens (tertiary/aromatic N) is 2. The number of hydrogen-bond acceptors (Lipinski definition) is 4. The van der Waals surface area contributed by atoms with Crippen molar-refractivity contribution in [3.05, 3.63) is 48.0 Å². The van der Waals surface area contributed by atoms with Crippen molar-refractivity contribution < 1.29 is 0 Å². The van der Waals surface area contributed by atoms with Gasteiger partial charge in [0.05, 0.1) is 6.04 Å². The van der Waals surface area contributed by atoms with Crippen molar-refractivity contribution in [3.63, 3.8) is 0 Å². The van der Waals surface area contributed by atoms with Crippen LogP contribution in [0.4, 0.5) is 0 Å². The summed E-state index contributed by atoms with van der Waals surface area (Å²) in [5, 5.41) is 0. The first kappa shape index (κ1) is 14.1. The molecule has 0 radical (unpaired) electrons. The fourth-order valence-corrected chi connectivity index (χ4v) is 3.05. The zero-order valence-corrected chi connectivity index (χ0v) is 12.2. The van der Waals surface area contributed by atoms with E-state index in [1.54, 1.807) is 11.8 Å². The molecule has 2 rings (SSSR count). The van der Waals surface area contributed by atoms with E-state index in [9.17, 15) is 0 Å². The fraction of sp³-hybridized carbons (Fsp3) is 0.357. The lowest BCUT2D eigenvalue weighted by Gasteiger charge is -2.17. The number of rotatable bonds is 6. The Morgan fingerprint density at radius 2 is 2.21 bits per heavy atom. The van der Waals surface area contributed by atoms with Gasteiger partial charge in [-0.05, 0) is 25.5 Å². The smallest absolute Gasteiger partial charge is 0.128 e. The third kappa shape index (κ3) is 3.37. The molecule has 102 valence electrons. The molecule has 0 fully saturated rings. The Morgan fingerprint density at radius 3 is 2.89 bits per heavy atom. The van der Waals surface area contributed by atoms with Crippen molar-refractivity contribution in [1.82, 2.24) is 15.0 Å². The van der Waals surface area contributed by atoms with Crippen LogP contribution in [0.25, 0.3) is 0 Å². The van der Waals surface area contributed by atoms with E-state index in [1.807, 2.05) is 12.4 Å². The number of thioether (sulfide) groups is 1. The van der Waals surface area contributed by atoms with Crippen LogP contribution >= 0.6 is 11.8 Å². The third-order valence-corrected chi connectivity index (χ3v) is 4.37. The van der Waals surface area contributed by atoms with E-state index < -0.39 is 0 Å². The molecule has 0 bridgehead atoms. The summed E-state index contributed by atoms with van der Waals surface area (Å²) >= 11 is 1.80. The highest BCUT2D eigenvalue weighted by molar-refractivity contribution is 7.99. The molecular weight excluding hydrogens is 256 g/mol. The van der Waals surface area contributed by atoms with Crippen molar-refractivity contribution in [2.75, 3.05) is 5.75 Å². The van der Waals surface area contributed by atoms with Gasteiger partial charge in [-0.15, -0.1) is 11.8 Å². The van der Waals surface area contributed by atoms with Gasteiger partial charge in [0, 0.05) is 29.6 Å². The Kier molecular flexibility index (Phi) is 5.01. The molecule has 3 N–H and O–H groups in total. The highest BCUT2D eigenvalue weighted by Crippen LogP contribution is 2.26. The largest absolute Gasteiger partial charge is 0.334 e. The topological polar surface area (TPSA) is 55.9 Å². The first-order valence-corrected chi connectivity index (χ1v) is 7.40. The molecular formula is C14H20N4S. The molecule has 19 heavy (non-hydrogen) atoms. The Morgan fingerprint density at radius 1 is 1.42 bits per heavy atom. The molecule has 5 heteroatoms. The van der Waals surface area contributed by atoms with Crippen LogP contribution in [-0.4, -0.2) is 15.3 Å². The van der Waals surface area contributed by atoms with Gasteiger partial charge in [-0.25, -0.2) is 10.4 Å². The standard InChI is InChI=1S/C14H20N4S/c1-3-18-9-8-16-14(18)12(17-15)10-19-13-7-5-4-6-11(13)2/h4-9,12,17H,3,10,15H2,1-2H3. The molecule has 0 aliphatic carbocycles. The highest BCUT2D eigenvalue weighted by Gasteiger charge is 2.15. The normalized spacial score (nSPS) is 12.6. The minimum absolute atomic E-state index is 0.0551. The van der Waals surface area contributed by atoms with Gasteiger partial charge in [0.2, 0.25) is 0 Å². The maximum atomic E-state index is 5.67. The summed E-state index contributed by atoms with van der Waals surface area (Å²) in [6.07, 6.45) is 3.81. The molecule has 0 amide bonds. The summed E-state index contributed by atoms with van der Waals surface area (Å²) in [7, 11) is 0. The average Bonchev–Trinajstić information content (AvgIpc) is 2.90. The first-order valence-electron chi connectivity index (χ1n) is 6.41. The van der Waals surface area contributed by atoms with Gasteiger partial charge in [-0.3, -0.25) is 5.84 Å². The summed E-state index contributed by atoms with van der Waals surface area (Å²) in [6.45, 7) is 5.13. The van der Waals surface area contributed by atoms with Crippen LogP contribution in [0, 0.1) is 6.92 Å². The van der Waals surface area contributed by atoms with E-state index in [2.05, 4.69) is 53.1 Å². The lowest BCUT2D eigenvalue weighted by atomic mass is 10.2. The van der Waals surface area contributed by atoms with Crippen LogP contribution in [0.3, 0.4) is 0 Å². The Hall–Kier alpha value is -1.30. The van der Waals surface area contributed by atoms with E-state index in [0.29, 0.717) is 0 Å². The predicted octanol–water partition coefficient (Wildman–Crippen LogP) is 2.51. The number of hydrazine groups is 1. The van der Waals surface area contributed by atoms with Crippen molar-refractivity contribution in [3.8, 4) is 0 Å². The van der Waals surface area contributed by atoms with Gasteiger partial charge in [0.25, 0.3) is 0 Å². The first-order chi connectivity index (χ1) is 9.26. The Bertz CT molecular complexity index is 524. The highest BCUT2D eigenvalue weighted by atomic mass is 32.2. The van der Waals surface area contributed by atoms with Crippen LogP contribution in [-0.2, 0) is 6.54 Å². The lowest BCUT2D eigenvalue weighted by Crippen LogP contribution is -2.31. The second-order valence-electron chi connectivity index (χ2n) is 4.37. The zero-order valence-electron chi connectivity index (χ0n) is 11.3. The number of nitrogens with one attached hydrogen (secondary N) is 1. The van der Waals surface area contributed by atoms with E-state index >= 15 is 0 Å². The van der Waals surface area contributed by atoms with Crippen LogP contribution in [0.15, 0.2) is 41.6 Å². The number of benzene rings is 1. The SMILES string of the molecule is CCn1ccnc1C(CSc1ccccc1C)NN. The summed E-state index contributed by atoms with van der Waals surface area (Å²) in [5.74, 6) is 7.52. The molecule has 0 aliphatic rings. The maximum absolute atomic E-state index is 5.67. The summed E-state index contributed by atoms with van der Waals surface area (Å²) < 4.78 is 2.11. The van der Waals surface area contributed by atoms with E-state index in [4.69, 9.17) is 5.84 Å². The van der Waals surface area contributed by atoms with Gasteiger partial charge in [0.15, 0.2) is 0 Å². The third-order valence-electron chi connectivity index (χ3n) is 3.10. The van der Waals surface area contributed by atoms with Gasteiger partial charge >= 0.3 is 0 Å².